The molecular formula is C21H28FNO4S. The molecule has 3 saturated carbocycles. The number of rotatable bonds is 7. The van der Waals surface area contributed by atoms with Gasteiger partial charge in [0.25, 0.3) is 5.91 Å². The summed E-state index contributed by atoms with van der Waals surface area (Å²) in [4.78, 5) is 17.3. The molecule has 0 radical (unpaired) electrons. The molecule has 0 heterocycles. The molecule has 2 unspecified atom stereocenters. The van der Waals surface area contributed by atoms with E-state index in [9.17, 15) is 13.2 Å². The summed E-state index contributed by atoms with van der Waals surface area (Å²) < 4.78 is 41.0. The summed E-state index contributed by atoms with van der Waals surface area (Å²) in [6.45, 7) is 1.40. The Morgan fingerprint density at radius 2 is 1.86 bits per heavy atom. The number of carbonyl (C=O) groups excluding carboxylic acids is 1. The summed E-state index contributed by atoms with van der Waals surface area (Å²) in [5, 5.41) is -2.89. The maximum Gasteiger partial charge on any atom is 0.334 e. The lowest BCUT2D eigenvalue weighted by Gasteiger charge is -2.37. The average Bonchev–Trinajstić information content (AvgIpc) is 3.63. The van der Waals surface area contributed by atoms with Crippen LogP contribution < -0.4 is 5.48 Å². The van der Waals surface area contributed by atoms with Crippen LogP contribution in [0.25, 0.3) is 0 Å². The Morgan fingerprint density at radius 1 is 1.21 bits per heavy atom. The molecule has 7 heteroatoms. The summed E-state index contributed by atoms with van der Waals surface area (Å²) in [5.41, 5.74) is 2.65. The minimum atomic E-state index is -4.18. The zero-order valence-corrected chi connectivity index (χ0v) is 17.0. The SMILES string of the molecule is CCS(=O)(=O)C(F)(ONC(=O)c1ccccc1)C1CCC2(CC1)CC2C1CC1. The van der Waals surface area contributed by atoms with Crippen molar-refractivity contribution in [1.29, 1.82) is 0 Å². The Balaban J connectivity index is 1.45. The highest BCUT2D eigenvalue weighted by Crippen LogP contribution is 2.69. The van der Waals surface area contributed by atoms with E-state index in [-0.39, 0.29) is 11.3 Å². The van der Waals surface area contributed by atoms with Crippen molar-refractivity contribution in [3.8, 4) is 0 Å². The second-order valence-electron chi connectivity index (χ2n) is 8.67. The van der Waals surface area contributed by atoms with E-state index in [2.05, 4.69) is 5.48 Å². The molecule has 1 N–H and O–H groups in total. The average molecular weight is 410 g/mol. The smallest absolute Gasteiger partial charge is 0.267 e. The molecule has 154 valence electrons. The molecule has 1 aromatic rings. The van der Waals surface area contributed by atoms with Crippen LogP contribution in [0.4, 0.5) is 4.39 Å². The van der Waals surface area contributed by atoms with Crippen molar-refractivity contribution < 1.29 is 22.4 Å². The quantitative estimate of drug-likeness (QED) is 0.691. The van der Waals surface area contributed by atoms with E-state index in [1.165, 1.54) is 26.2 Å². The van der Waals surface area contributed by atoms with Crippen LogP contribution in [-0.2, 0) is 14.7 Å². The first-order valence-corrected chi connectivity index (χ1v) is 11.9. The van der Waals surface area contributed by atoms with E-state index < -0.39 is 26.8 Å². The molecule has 1 spiro atoms. The Morgan fingerprint density at radius 3 is 2.43 bits per heavy atom. The van der Waals surface area contributed by atoms with Gasteiger partial charge in [-0.05, 0) is 74.3 Å². The minimum absolute atomic E-state index is 0.284. The predicted octanol–water partition coefficient (Wildman–Crippen LogP) is 4.01. The molecule has 0 bridgehead atoms. The molecule has 0 aromatic heterocycles. The minimum Gasteiger partial charge on any atom is -0.267 e. The third kappa shape index (κ3) is 3.47. The first-order chi connectivity index (χ1) is 13.3. The topological polar surface area (TPSA) is 72.5 Å². The van der Waals surface area contributed by atoms with Crippen LogP contribution in [-0.4, -0.2) is 25.3 Å². The Bertz CT molecular complexity index is 831. The maximum atomic E-state index is 15.8. The summed E-state index contributed by atoms with van der Waals surface area (Å²) in [5.74, 6) is -0.204. The van der Waals surface area contributed by atoms with Crippen LogP contribution in [0, 0.1) is 23.2 Å². The summed E-state index contributed by atoms with van der Waals surface area (Å²) in [7, 11) is -4.18. The van der Waals surface area contributed by atoms with Gasteiger partial charge in [0.05, 0.1) is 5.75 Å². The van der Waals surface area contributed by atoms with Crippen LogP contribution in [0.5, 0.6) is 0 Å². The number of hydrogen-bond donors (Lipinski definition) is 1. The standard InChI is InChI=1S/C21H28FNO4S/c1-2-28(25,26)21(22,27-23-19(24)16-6-4-3-5-7-16)17-10-12-20(13-11-17)14-18(20)15-8-9-15/h3-7,15,17-18H,2,8-14H2,1H3,(H,23,24). The molecule has 28 heavy (non-hydrogen) atoms. The highest BCUT2D eigenvalue weighted by molar-refractivity contribution is 7.92. The number of nitrogens with one attached hydrogen (secondary N) is 1. The fourth-order valence-electron chi connectivity index (χ4n) is 5.02. The summed E-state index contributed by atoms with van der Waals surface area (Å²) >= 11 is 0. The van der Waals surface area contributed by atoms with Crippen molar-refractivity contribution in [3.63, 3.8) is 0 Å². The van der Waals surface area contributed by atoms with Crippen molar-refractivity contribution in [3.05, 3.63) is 35.9 Å². The van der Waals surface area contributed by atoms with E-state index in [0.29, 0.717) is 18.3 Å². The van der Waals surface area contributed by atoms with Gasteiger partial charge in [-0.25, -0.2) is 18.7 Å². The number of hydroxylamine groups is 1. The number of amides is 1. The van der Waals surface area contributed by atoms with Gasteiger partial charge in [0, 0.05) is 11.5 Å². The van der Waals surface area contributed by atoms with Gasteiger partial charge in [-0.15, -0.1) is 0 Å². The summed E-state index contributed by atoms with van der Waals surface area (Å²) in [6, 6.07) is 8.22. The van der Waals surface area contributed by atoms with Gasteiger partial charge < -0.3 is 0 Å². The Hall–Kier alpha value is -1.47. The van der Waals surface area contributed by atoms with Crippen molar-refractivity contribution >= 4 is 15.7 Å². The van der Waals surface area contributed by atoms with Crippen molar-refractivity contribution in [2.75, 3.05) is 5.75 Å². The lowest BCUT2D eigenvalue weighted by molar-refractivity contribution is -0.159. The molecule has 4 rings (SSSR count). The van der Waals surface area contributed by atoms with Gasteiger partial charge in [-0.3, -0.25) is 4.79 Å². The molecule has 0 aliphatic heterocycles. The van der Waals surface area contributed by atoms with Crippen LogP contribution in [0.15, 0.2) is 30.3 Å². The third-order valence-electron chi connectivity index (χ3n) is 7.04. The van der Waals surface area contributed by atoms with Gasteiger partial charge in [-0.2, -0.15) is 4.39 Å². The molecule has 3 aliphatic carbocycles. The molecule has 0 saturated heterocycles. The van der Waals surface area contributed by atoms with Gasteiger partial charge in [0.1, 0.15) is 0 Å². The van der Waals surface area contributed by atoms with Gasteiger partial charge in [-0.1, -0.05) is 25.1 Å². The number of alkyl halides is 1. The van der Waals surface area contributed by atoms with Crippen LogP contribution in [0.3, 0.4) is 0 Å². The Kier molecular flexibility index (Phi) is 5.02. The van der Waals surface area contributed by atoms with E-state index >= 15 is 4.39 Å². The molecular weight excluding hydrogens is 381 g/mol. The Labute approximate surface area is 165 Å². The molecule has 2 atom stereocenters. The number of halogens is 1. The first-order valence-electron chi connectivity index (χ1n) is 10.3. The fourth-order valence-corrected chi connectivity index (χ4v) is 6.32. The van der Waals surface area contributed by atoms with E-state index in [4.69, 9.17) is 4.84 Å². The largest absolute Gasteiger partial charge is 0.334 e. The number of sulfone groups is 1. The van der Waals surface area contributed by atoms with E-state index in [1.54, 1.807) is 30.3 Å². The molecule has 3 fully saturated rings. The fraction of sp³-hybridized carbons (Fsp3) is 0.667. The third-order valence-corrected chi connectivity index (χ3v) is 9.06. The van der Waals surface area contributed by atoms with Crippen LogP contribution in [0.1, 0.15) is 62.2 Å². The molecule has 1 aromatic carbocycles. The van der Waals surface area contributed by atoms with Gasteiger partial charge in [0.2, 0.25) is 9.84 Å². The van der Waals surface area contributed by atoms with Crippen molar-refractivity contribution in [2.45, 2.75) is 57.1 Å². The first kappa shape index (κ1) is 19.8. The number of benzene rings is 1. The summed E-state index contributed by atoms with van der Waals surface area (Å²) in [6.07, 6.45) is 6.46. The highest BCUT2D eigenvalue weighted by Gasteiger charge is 2.63. The lowest BCUT2D eigenvalue weighted by Crippen LogP contribution is -2.50. The number of hydrogen-bond acceptors (Lipinski definition) is 4. The number of carbonyl (C=O) groups is 1. The van der Waals surface area contributed by atoms with E-state index in [1.807, 2.05) is 0 Å². The van der Waals surface area contributed by atoms with Gasteiger partial charge in [0.15, 0.2) is 0 Å². The van der Waals surface area contributed by atoms with Crippen molar-refractivity contribution in [2.24, 2.45) is 23.2 Å². The molecule has 3 aliphatic rings. The zero-order valence-electron chi connectivity index (χ0n) is 16.2. The zero-order chi connectivity index (χ0) is 20.0. The van der Waals surface area contributed by atoms with Crippen LogP contribution >= 0.6 is 0 Å². The van der Waals surface area contributed by atoms with E-state index in [0.717, 1.165) is 24.7 Å². The molecule has 5 nitrogen and oxygen atoms in total. The predicted molar refractivity (Wildman–Crippen MR) is 104 cm³/mol. The monoisotopic (exact) mass is 409 g/mol. The second-order valence-corrected chi connectivity index (χ2v) is 11.0. The van der Waals surface area contributed by atoms with Crippen LogP contribution in [0.2, 0.25) is 0 Å². The van der Waals surface area contributed by atoms with Crippen molar-refractivity contribution in [1.82, 2.24) is 5.48 Å². The lowest BCUT2D eigenvalue weighted by atomic mass is 9.77. The molecule has 1 amide bonds. The maximum absolute atomic E-state index is 15.8. The normalized spacial score (nSPS) is 31.9. The highest BCUT2D eigenvalue weighted by atomic mass is 32.2. The second kappa shape index (κ2) is 7.10. The van der Waals surface area contributed by atoms with Gasteiger partial charge >= 0.3 is 5.19 Å².